The van der Waals surface area contributed by atoms with Gasteiger partial charge in [0.15, 0.2) is 28.8 Å². The summed E-state index contributed by atoms with van der Waals surface area (Å²) in [6.07, 6.45) is -9.37. The summed E-state index contributed by atoms with van der Waals surface area (Å²) in [4.78, 5) is 126. The molecule has 10 aliphatic rings. The minimum absolute atomic E-state index is 0.0508. The van der Waals surface area contributed by atoms with Gasteiger partial charge in [0.05, 0.1) is 32.9 Å². The van der Waals surface area contributed by atoms with Gasteiger partial charge in [0.1, 0.15) is 95.8 Å². The molecule has 32 heteroatoms. The maximum atomic E-state index is 16.6. The second-order valence-corrected chi connectivity index (χ2v) is 35.2. The average Bonchev–Trinajstić information content (AvgIpc) is 0.757. The van der Waals surface area contributed by atoms with Gasteiger partial charge in [0.25, 0.3) is 10.0 Å². The molecule has 5 heterocycles. The number of ether oxygens (including phenoxy) is 4. The number of benzene rings is 6. The van der Waals surface area contributed by atoms with Gasteiger partial charge in [-0.1, -0.05) is 62.2 Å². The minimum Gasteiger partial charge on any atom is -0.508 e. The van der Waals surface area contributed by atoms with Crippen LogP contribution in [0.15, 0.2) is 108 Å². The number of hydrogen-bond acceptors (Lipinski definition) is 24. The molecular weight excluding hydrogens is 1560 g/mol. The van der Waals surface area contributed by atoms with Crippen LogP contribution in [-0.2, 0) is 48.4 Å². The number of rotatable bonds is 19. The summed E-state index contributed by atoms with van der Waals surface area (Å²) in [6.45, 7) is 5.99. The summed E-state index contributed by atoms with van der Waals surface area (Å²) in [5.74, 6) is -16.7. The van der Waals surface area contributed by atoms with E-state index >= 15 is 28.8 Å². The fraction of sp³-hybridized carbons (Fsp3) is 0.476. The Labute approximate surface area is 680 Å². The molecule has 6 aromatic rings. The normalized spacial score (nSPS) is 28.1. The van der Waals surface area contributed by atoms with Crippen LogP contribution in [0.3, 0.4) is 0 Å². The highest BCUT2D eigenvalue weighted by Gasteiger charge is 2.51. The smallest absolute Gasteiger partial charge is 0.264 e. The highest BCUT2D eigenvalue weighted by Crippen LogP contribution is 2.58. The number of carbonyl (C=O) groups excluding carboxylic acids is 8. The largest absolute Gasteiger partial charge is 0.508 e. The third-order valence-electron chi connectivity index (χ3n) is 23.9. The first kappa shape index (κ1) is 84.4. The summed E-state index contributed by atoms with van der Waals surface area (Å²) in [7, 11) is -1.18. The summed E-state index contributed by atoms with van der Waals surface area (Å²) < 4.78 is 56.3. The van der Waals surface area contributed by atoms with Crippen molar-refractivity contribution >= 4 is 80.1 Å². The van der Waals surface area contributed by atoms with Crippen molar-refractivity contribution in [3.63, 3.8) is 0 Å². The number of fused-ring (bicyclic) bond motifs is 15. The first-order chi connectivity index (χ1) is 55.1. The van der Waals surface area contributed by atoms with E-state index in [0.29, 0.717) is 24.8 Å². The molecular formula is C84H97Cl2N7O22S. The van der Waals surface area contributed by atoms with Gasteiger partial charge in [-0.25, -0.2) is 13.1 Å². The summed E-state index contributed by atoms with van der Waals surface area (Å²) in [6, 6.07) is 12.3. The van der Waals surface area contributed by atoms with E-state index in [9.17, 15) is 58.9 Å². The molecule has 29 nitrogen and oxygen atoms in total. The maximum absolute atomic E-state index is 16.6. The Balaban J connectivity index is 0.996. The van der Waals surface area contributed by atoms with Gasteiger partial charge < -0.3 is 91.7 Å². The second-order valence-electron chi connectivity index (χ2n) is 32.7. The number of aliphatic hydroxyl groups excluding tert-OH is 5. The summed E-state index contributed by atoms with van der Waals surface area (Å²) >= 11 is 14.4. The van der Waals surface area contributed by atoms with Gasteiger partial charge in [-0.05, 0) is 214 Å². The standard InChI is InChI=1S/C84H97Cl2N7O22S/c1-6-41(19-38(2)3)81(106)90-73-61(97)28-48(32-69(100)92-116(110,111)52-12-10-51(11-13-52)112-18-17-93(4)5)82(107)88-71-47-29-67(113-64-15-8-43(75(73)101)26-57(64)85)80(115-66-31-49(37-87)77(103)79(105)78(66)104)68(30-47)114-65-16-9-44(27-58(65)86)76(102)74-84(109)89-72(63(99)35-53-45-21-39-20-40(23-45)24-46(53)22-39)56-33-50(94)34-60(96)70(56)55-25-42(7-14-59(55)95)54(36-62(71)98)83(108)91-74/h7-16,25-27,29-30,33-34,38-41,45-46,48-49,53-54,66,71-79,94-96,101-105H,6,17-24,28,31-32,35-37,87H2,1-5H3,(H,88,107)(H,89,109)(H,90,106)(H,91,108)(H,92,100)/t39?,40?,41-,45?,46?,48+,49-,53?,54-,66-,71-,72+,73+,74+,75-,76-,77-,78+,79+/m1/s1. The number of nitrogens with one attached hydrogen (secondary N) is 5. The number of phenolic OH excluding ortho intramolecular Hbond substituents is 3. The molecule has 116 heavy (non-hydrogen) atoms. The van der Waals surface area contributed by atoms with E-state index < -0.39 is 200 Å². The van der Waals surface area contributed by atoms with Crippen LogP contribution >= 0.6 is 23.2 Å². The van der Waals surface area contributed by atoms with Crippen molar-refractivity contribution in [3.05, 3.63) is 141 Å². The fourth-order valence-corrected chi connectivity index (χ4v) is 19.5. The summed E-state index contributed by atoms with van der Waals surface area (Å²) in [5.41, 5.74) is 4.56. The molecule has 16 rings (SSSR count). The van der Waals surface area contributed by atoms with E-state index in [1.54, 1.807) is 6.92 Å². The third-order valence-corrected chi connectivity index (χ3v) is 25.9. The number of Topliss-reactive ketones (excluding diaryl/α,β-unsaturated/α-hetero) is 3. The molecule has 0 unspecified atom stereocenters. The van der Waals surface area contributed by atoms with E-state index in [-0.39, 0.29) is 122 Å². The van der Waals surface area contributed by atoms with Crippen LogP contribution in [0.25, 0.3) is 11.1 Å². The van der Waals surface area contributed by atoms with Crippen LogP contribution in [0.1, 0.15) is 156 Å². The molecule has 5 amide bonds. The number of aromatic hydroxyl groups is 3. The highest BCUT2D eigenvalue weighted by atomic mass is 35.5. The quantitative estimate of drug-likeness (QED) is 0.0367. The zero-order valence-electron chi connectivity index (χ0n) is 64.5. The number of carbonyl (C=O) groups is 8. The fourth-order valence-electron chi connectivity index (χ4n) is 18.0. The van der Waals surface area contributed by atoms with Crippen LogP contribution in [0.4, 0.5) is 0 Å². The molecule has 0 radical (unpaired) electrons. The molecule has 0 spiro atoms. The lowest BCUT2D eigenvalue weighted by atomic mass is 9.51. The number of amides is 5. The van der Waals surface area contributed by atoms with Crippen molar-refractivity contribution in [3.8, 4) is 62.9 Å². The first-order valence-electron chi connectivity index (χ1n) is 39.2. The highest BCUT2D eigenvalue weighted by molar-refractivity contribution is 7.90. The molecule has 5 aliphatic carbocycles. The Kier molecular flexibility index (Phi) is 25.5. The van der Waals surface area contributed by atoms with E-state index in [0.717, 1.165) is 74.6 Å². The van der Waals surface area contributed by atoms with Crippen molar-refractivity contribution in [2.45, 2.75) is 169 Å². The van der Waals surface area contributed by atoms with Gasteiger partial charge in [0.2, 0.25) is 35.3 Å². The Morgan fingerprint density at radius 3 is 1.90 bits per heavy atom. The molecule has 5 saturated carbocycles. The average molecular weight is 1660 g/mol. The number of phenols is 3. The van der Waals surface area contributed by atoms with E-state index in [1.165, 1.54) is 60.7 Å². The van der Waals surface area contributed by atoms with Crippen LogP contribution in [0.5, 0.6) is 51.7 Å². The van der Waals surface area contributed by atoms with Crippen LogP contribution < -0.4 is 50.7 Å². The predicted octanol–water partition coefficient (Wildman–Crippen LogP) is 7.82. The van der Waals surface area contributed by atoms with Crippen molar-refractivity contribution in [1.82, 2.24) is 30.9 Å². The number of hydrogen-bond donors (Lipinski definition) is 14. The van der Waals surface area contributed by atoms with Crippen molar-refractivity contribution in [1.29, 1.82) is 0 Å². The summed E-state index contributed by atoms with van der Waals surface area (Å²) in [5, 5.41) is 105. The number of halogens is 2. The van der Waals surface area contributed by atoms with Crippen LogP contribution in [-0.4, -0.2) is 171 Å². The molecule has 5 aliphatic heterocycles. The Morgan fingerprint density at radius 1 is 0.664 bits per heavy atom. The Bertz CT molecular complexity index is 4880. The van der Waals surface area contributed by atoms with Gasteiger partial charge in [-0.2, -0.15) is 0 Å². The Hall–Kier alpha value is -9.47. The predicted molar refractivity (Wildman–Crippen MR) is 421 cm³/mol. The number of likely N-dealkylation sites (N-methyl/N-ethyl adjacent to an activating group) is 1. The third kappa shape index (κ3) is 18.1. The van der Waals surface area contributed by atoms with Crippen molar-refractivity contribution in [2.24, 2.45) is 59.0 Å². The molecule has 15 N–H and O–H groups in total. The number of ketones is 3. The van der Waals surface area contributed by atoms with Crippen LogP contribution in [0.2, 0.25) is 10.0 Å². The molecule has 0 aromatic heterocycles. The zero-order valence-corrected chi connectivity index (χ0v) is 66.8. The maximum Gasteiger partial charge on any atom is 0.264 e. The van der Waals surface area contributed by atoms with Gasteiger partial charge in [-0.3, -0.25) is 38.4 Å². The van der Waals surface area contributed by atoms with E-state index in [1.807, 2.05) is 37.6 Å². The van der Waals surface area contributed by atoms with Crippen LogP contribution in [0, 0.1) is 53.3 Å². The minimum atomic E-state index is -4.84. The first-order valence-corrected chi connectivity index (χ1v) is 41.4. The van der Waals surface area contributed by atoms with E-state index in [2.05, 4.69) is 21.3 Å². The number of sulfonamides is 1. The SMILES string of the molecule is CC[C@H](CC(C)C)C(=O)N[C@H]1C(=O)C[C@@H](CC(=O)NS(=O)(=O)c2ccc(OCCN(C)C)cc2)C(=O)N[C@H]2C(=O)C[C@H]3C(=O)N[C@H](C(=O)N[C@H](C(=O)CC4C5CC6CC(C5)CC4C6)c4cc(O)cc(O)c4-c4cc3ccc4O)[C@H](O)c3ccc(c(Cl)c3)Oc3cc2cc(c3O[C@@H]2C[C@H](CN)[C@@H](O)[C@H](O)[C@H]2O)Oc2ccc(cc2Cl)[C@H]1O. The lowest BCUT2D eigenvalue weighted by Crippen LogP contribution is -2.56. The molecule has 0 saturated heterocycles. The number of nitrogens with zero attached hydrogens (tertiary/aromatic N) is 1. The molecule has 5 fully saturated rings. The Morgan fingerprint density at radius 2 is 1.29 bits per heavy atom. The van der Waals surface area contributed by atoms with Gasteiger partial charge >= 0.3 is 0 Å². The number of aliphatic hydroxyl groups is 5. The second kappa shape index (κ2) is 35.0. The lowest BCUT2D eigenvalue weighted by Gasteiger charge is -2.54. The number of nitrogens with two attached hydrogens (primary N) is 1. The monoisotopic (exact) mass is 1660 g/mol. The molecule has 15 bridgehead atoms. The van der Waals surface area contributed by atoms with Crippen molar-refractivity contribution in [2.75, 3.05) is 33.8 Å². The van der Waals surface area contributed by atoms with Crippen molar-refractivity contribution < 1.29 is 107 Å². The molecule has 14 atom stereocenters. The lowest BCUT2D eigenvalue weighted by molar-refractivity contribution is -0.149. The topological polar surface area (TPSA) is 459 Å². The zero-order chi connectivity index (χ0) is 83.2. The molecule has 6 aromatic carbocycles. The van der Waals surface area contributed by atoms with Gasteiger partial charge in [-0.15, -0.1) is 0 Å². The van der Waals surface area contributed by atoms with Gasteiger partial charge in [0, 0.05) is 61.3 Å². The van der Waals surface area contributed by atoms with E-state index in [4.69, 9.17) is 47.9 Å². The molecule has 620 valence electrons.